The van der Waals surface area contributed by atoms with E-state index in [0.29, 0.717) is 0 Å². The van der Waals surface area contributed by atoms with Crippen molar-refractivity contribution >= 4 is 5.91 Å². The number of likely N-dealkylation sites (tertiary alicyclic amines) is 1. The molecule has 1 amide bonds. The number of carbonyl (C=O) groups excluding carboxylic acids is 1. The number of hydrogen-bond acceptors (Lipinski definition) is 4. The molecule has 5 nitrogen and oxygen atoms in total. The quantitative estimate of drug-likeness (QED) is 0.747. The highest BCUT2D eigenvalue weighted by Gasteiger charge is 2.26. The molecule has 136 valence electrons. The van der Waals surface area contributed by atoms with Crippen LogP contribution in [0, 0.1) is 11.8 Å². The van der Waals surface area contributed by atoms with E-state index >= 15 is 0 Å². The number of carbonyl (C=O) groups is 1. The van der Waals surface area contributed by atoms with Crippen LogP contribution in [-0.2, 0) is 9.53 Å². The minimum absolute atomic E-state index is 0.220. The zero-order valence-corrected chi connectivity index (χ0v) is 14.9. The first-order valence-corrected chi connectivity index (χ1v) is 9.76. The lowest BCUT2D eigenvalue weighted by atomic mass is 9.91. The second-order valence-corrected chi connectivity index (χ2v) is 7.47. The second kappa shape index (κ2) is 9.54. The average molecular weight is 335 g/mol. The summed E-state index contributed by atoms with van der Waals surface area (Å²) in [6.07, 6.45) is 10.5. The Hall–Kier alpha value is -0.910. The molecule has 2 fully saturated rings. The molecule has 2 aliphatic heterocycles. The van der Waals surface area contributed by atoms with Crippen molar-refractivity contribution in [2.24, 2.45) is 11.8 Å². The molecule has 5 heteroatoms. The zero-order valence-electron chi connectivity index (χ0n) is 14.9. The summed E-state index contributed by atoms with van der Waals surface area (Å²) in [6, 6.07) is 0. The van der Waals surface area contributed by atoms with Crippen LogP contribution in [-0.4, -0.2) is 74.7 Å². The number of morpholine rings is 1. The van der Waals surface area contributed by atoms with E-state index < -0.39 is 0 Å². The van der Waals surface area contributed by atoms with Gasteiger partial charge in [-0.05, 0) is 51.1 Å². The number of rotatable bonds is 6. The van der Waals surface area contributed by atoms with Crippen LogP contribution in [0.15, 0.2) is 12.2 Å². The van der Waals surface area contributed by atoms with E-state index in [9.17, 15) is 4.79 Å². The SMILES string of the molecule is O=C(NCCN1CCOCC1)C1CCN(CC2CC=CCC2)CC1. The second-order valence-electron chi connectivity index (χ2n) is 7.47. The molecule has 1 aliphatic carbocycles. The average Bonchev–Trinajstić information content (AvgIpc) is 2.64. The van der Waals surface area contributed by atoms with Crippen molar-refractivity contribution in [2.75, 3.05) is 59.0 Å². The van der Waals surface area contributed by atoms with Crippen molar-refractivity contribution < 1.29 is 9.53 Å². The van der Waals surface area contributed by atoms with Gasteiger partial charge in [-0.3, -0.25) is 9.69 Å². The van der Waals surface area contributed by atoms with E-state index in [-0.39, 0.29) is 11.8 Å². The van der Waals surface area contributed by atoms with E-state index in [0.717, 1.165) is 71.2 Å². The maximum Gasteiger partial charge on any atom is 0.223 e. The highest BCUT2D eigenvalue weighted by atomic mass is 16.5. The molecule has 0 bridgehead atoms. The van der Waals surface area contributed by atoms with Gasteiger partial charge in [-0.2, -0.15) is 0 Å². The molecule has 1 atom stereocenters. The first-order valence-electron chi connectivity index (χ1n) is 9.76. The Morgan fingerprint density at radius 2 is 1.83 bits per heavy atom. The summed E-state index contributed by atoms with van der Waals surface area (Å²) in [4.78, 5) is 17.3. The third kappa shape index (κ3) is 5.57. The molecule has 0 aromatic rings. The van der Waals surface area contributed by atoms with Gasteiger partial charge < -0.3 is 15.0 Å². The normalized spacial score (nSPS) is 27.2. The van der Waals surface area contributed by atoms with Crippen LogP contribution >= 0.6 is 0 Å². The van der Waals surface area contributed by atoms with Crippen molar-refractivity contribution in [2.45, 2.75) is 32.1 Å². The molecular weight excluding hydrogens is 302 g/mol. The monoisotopic (exact) mass is 335 g/mol. The van der Waals surface area contributed by atoms with Gasteiger partial charge in [0.1, 0.15) is 0 Å². The summed E-state index contributed by atoms with van der Waals surface area (Å²) in [5.74, 6) is 1.31. The molecule has 2 heterocycles. The van der Waals surface area contributed by atoms with Crippen LogP contribution in [0.1, 0.15) is 32.1 Å². The topological polar surface area (TPSA) is 44.8 Å². The lowest BCUT2D eigenvalue weighted by Crippen LogP contribution is -2.45. The molecule has 0 saturated carbocycles. The van der Waals surface area contributed by atoms with Gasteiger partial charge in [-0.15, -0.1) is 0 Å². The zero-order chi connectivity index (χ0) is 16.6. The van der Waals surface area contributed by atoms with Crippen LogP contribution in [0.2, 0.25) is 0 Å². The third-order valence-electron chi connectivity index (χ3n) is 5.68. The molecule has 2 saturated heterocycles. The number of amides is 1. The fraction of sp³-hybridized carbons (Fsp3) is 0.842. The van der Waals surface area contributed by atoms with Crippen molar-refractivity contribution in [3.63, 3.8) is 0 Å². The third-order valence-corrected chi connectivity index (χ3v) is 5.68. The van der Waals surface area contributed by atoms with E-state index in [1.165, 1.54) is 25.8 Å². The fourth-order valence-electron chi connectivity index (χ4n) is 4.07. The summed E-state index contributed by atoms with van der Waals surface area (Å²) in [7, 11) is 0. The molecule has 0 radical (unpaired) electrons. The van der Waals surface area contributed by atoms with Crippen LogP contribution in [0.5, 0.6) is 0 Å². The Morgan fingerprint density at radius 1 is 1.04 bits per heavy atom. The van der Waals surface area contributed by atoms with Gasteiger partial charge in [0.25, 0.3) is 0 Å². The number of allylic oxidation sites excluding steroid dienone is 2. The molecule has 1 unspecified atom stereocenters. The molecule has 0 aromatic carbocycles. The van der Waals surface area contributed by atoms with Crippen LogP contribution < -0.4 is 5.32 Å². The van der Waals surface area contributed by atoms with Gasteiger partial charge >= 0.3 is 0 Å². The van der Waals surface area contributed by atoms with Crippen LogP contribution in [0.25, 0.3) is 0 Å². The first-order chi connectivity index (χ1) is 11.8. The van der Waals surface area contributed by atoms with E-state index in [1.54, 1.807) is 0 Å². The lowest BCUT2D eigenvalue weighted by Gasteiger charge is -2.34. The molecule has 0 spiro atoms. The highest BCUT2D eigenvalue weighted by Crippen LogP contribution is 2.23. The highest BCUT2D eigenvalue weighted by molar-refractivity contribution is 5.78. The van der Waals surface area contributed by atoms with Crippen molar-refractivity contribution in [3.8, 4) is 0 Å². The number of ether oxygens (including phenoxy) is 1. The van der Waals surface area contributed by atoms with Crippen LogP contribution in [0.4, 0.5) is 0 Å². The van der Waals surface area contributed by atoms with E-state index in [2.05, 4.69) is 27.3 Å². The largest absolute Gasteiger partial charge is 0.379 e. The molecule has 3 rings (SSSR count). The van der Waals surface area contributed by atoms with E-state index in [1.807, 2.05) is 0 Å². The minimum Gasteiger partial charge on any atom is -0.379 e. The van der Waals surface area contributed by atoms with Gasteiger partial charge in [0.2, 0.25) is 5.91 Å². The Bertz CT molecular complexity index is 413. The summed E-state index contributed by atoms with van der Waals surface area (Å²) in [6.45, 7) is 8.73. The summed E-state index contributed by atoms with van der Waals surface area (Å²) in [5.41, 5.74) is 0. The van der Waals surface area contributed by atoms with Crippen molar-refractivity contribution in [1.82, 2.24) is 15.1 Å². The molecule has 0 aromatic heterocycles. The molecular formula is C19H33N3O2. The fourth-order valence-corrected chi connectivity index (χ4v) is 4.07. The van der Waals surface area contributed by atoms with Gasteiger partial charge in [0, 0.05) is 38.6 Å². The van der Waals surface area contributed by atoms with Gasteiger partial charge in [0.05, 0.1) is 13.2 Å². The standard InChI is InChI=1S/C19H33N3O2/c23-19(20-8-11-21-12-14-24-15-13-21)18-6-9-22(10-7-18)16-17-4-2-1-3-5-17/h1-2,17-18H,3-16H2,(H,20,23). The molecule has 1 N–H and O–H groups in total. The maximum absolute atomic E-state index is 12.4. The molecule has 24 heavy (non-hydrogen) atoms. The van der Waals surface area contributed by atoms with Crippen molar-refractivity contribution in [1.29, 1.82) is 0 Å². The van der Waals surface area contributed by atoms with E-state index in [4.69, 9.17) is 4.74 Å². The number of piperidine rings is 1. The Kier molecular flexibility index (Phi) is 7.12. The Morgan fingerprint density at radius 3 is 2.54 bits per heavy atom. The van der Waals surface area contributed by atoms with Crippen LogP contribution in [0.3, 0.4) is 0 Å². The Balaban J connectivity index is 1.29. The maximum atomic E-state index is 12.4. The van der Waals surface area contributed by atoms with Gasteiger partial charge in [-0.25, -0.2) is 0 Å². The minimum atomic E-state index is 0.220. The summed E-state index contributed by atoms with van der Waals surface area (Å²) in [5, 5.41) is 3.15. The Labute approximate surface area is 146 Å². The number of nitrogens with one attached hydrogen (secondary N) is 1. The predicted octanol–water partition coefficient (Wildman–Crippen LogP) is 1.50. The predicted molar refractivity (Wildman–Crippen MR) is 95.9 cm³/mol. The molecule has 3 aliphatic rings. The van der Waals surface area contributed by atoms with Crippen molar-refractivity contribution in [3.05, 3.63) is 12.2 Å². The van der Waals surface area contributed by atoms with Gasteiger partial charge in [0.15, 0.2) is 0 Å². The first kappa shape index (κ1) is 17.9. The van der Waals surface area contributed by atoms with Gasteiger partial charge in [-0.1, -0.05) is 12.2 Å². The number of hydrogen-bond donors (Lipinski definition) is 1. The number of nitrogens with zero attached hydrogens (tertiary/aromatic N) is 2. The smallest absolute Gasteiger partial charge is 0.223 e. The summed E-state index contributed by atoms with van der Waals surface area (Å²) >= 11 is 0. The lowest BCUT2D eigenvalue weighted by molar-refractivity contribution is -0.126. The summed E-state index contributed by atoms with van der Waals surface area (Å²) < 4.78 is 5.35.